The average Bonchev–Trinajstić information content (AvgIpc) is 3.24. The molecule has 0 fully saturated rings. The highest BCUT2D eigenvalue weighted by molar-refractivity contribution is 6.09. The van der Waals surface area contributed by atoms with Gasteiger partial charge in [0.2, 0.25) is 0 Å². The third-order valence-corrected chi connectivity index (χ3v) is 6.15. The number of pyridine rings is 2. The maximum absolute atomic E-state index is 5.79. The van der Waals surface area contributed by atoms with Gasteiger partial charge in [-0.1, -0.05) is 36.4 Å². The summed E-state index contributed by atoms with van der Waals surface area (Å²) < 4.78 is 13.2. The Morgan fingerprint density at radius 2 is 1.11 bits per heavy atom. The molecule has 0 bridgehead atoms. The smallest absolute Gasteiger partial charge is 0.0701 e. The monoisotopic (exact) mass is 475 g/mol. The largest absolute Gasteiger partial charge is 0.382 e. The molecule has 0 N–H and O–H groups in total. The fourth-order valence-electron chi connectivity index (χ4n) is 4.32. The van der Waals surface area contributed by atoms with Crippen LogP contribution in [0.1, 0.15) is 22.3 Å². The van der Waals surface area contributed by atoms with Crippen molar-refractivity contribution in [2.75, 3.05) is 26.9 Å². The number of rotatable bonds is 10. The maximum Gasteiger partial charge on any atom is 0.0701 e. The second kappa shape index (κ2) is 11.6. The van der Waals surface area contributed by atoms with Crippen LogP contribution in [0, 0.1) is 0 Å². The number of fused-ring (bicyclic) bond motifs is 3. The number of aromatic nitrogens is 3. The third kappa shape index (κ3) is 5.60. The third-order valence-electron chi connectivity index (χ3n) is 6.15. The molecule has 0 unspecified atom stereocenters. The van der Waals surface area contributed by atoms with Gasteiger partial charge in [-0.15, -0.1) is 0 Å². The first-order valence-electron chi connectivity index (χ1n) is 12.1. The Balaban J connectivity index is 1.52. The van der Waals surface area contributed by atoms with E-state index in [2.05, 4.69) is 75.2 Å². The summed E-state index contributed by atoms with van der Waals surface area (Å²) in [6.45, 7) is 2.62. The Morgan fingerprint density at radius 3 is 1.61 bits per heavy atom. The van der Waals surface area contributed by atoms with Gasteiger partial charge in [0.1, 0.15) is 0 Å². The standard InChI is InChI=1S/C31H29N3O2/c1-35-20-21-36-19-18-34-30-8-6-26(4-2-24-10-14-32-15-11-24)22-28(30)29-23-27(7-9-31(29)34)5-3-25-12-16-33-17-13-25/h2-17,22-23H,18-21H2,1H3/b4-2+,5-3+. The summed E-state index contributed by atoms with van der Waals surface area (Å²) in [5.74, 6) is 0. The van der Waals surface area contributed by atoms with E-state index < -0.39 is 0 Å². The number of hydrogen-bond donors (Lipinski definition) is 0. The molecule has 0 atom stereocenters. The SMILES string of the molecule is COCCOCCn1c2ccc(/C=C/c3ccncc3)cc2c2cc(/C=C/c3ccncc3)ccc21. The molecular weight excluding hydrogens is 446 g/mol. The first kappa shape index (κ1) is 23.7. The maximum atomic E-state index is 5.79. The van der Waals surface area contributed by atoms with E-state index in [-0.39, 0.29) is 0 Å². The molecule has 5 aromatic rings. The molecule has 0 amide bonds. The lowest BCUT2D eigenvalue weighted by atomic mass is 10.1. The second-order valence-electron chi connectivity index (χ2n) is 8.54. The molecule has 5 heteroatoms. The van der Waals surface area contributed by atoms with E-state index in [0.717, 1.165) is 28.8 Å². The van der Waals surface area contributed by atoms with E-state index in [1.165, 1.54) is 21.8 Å². The molecule has 0 saturated carbocycles. The predicted octanol–water partition coefficient (Wildman–Crippen LogP) is 6.59. The fraction of sp³-hybridized carbons (Fsp3) is 0.161. The van der Waals surface area contributed by atoms with Crippen LogP contribution < -0.4 is 0 Å². The quantitative estimate of drug-likeness (QED) is 0.214. The molecule has 0 radical (unpaired) electrons. The topological polar surface area (TPSA) is 49.2 Å². The lowest BCUT2D eigenvalue weighted by Gasteiger charge is -2.09. The van der Waals surface area contributed by atoms with Crippen molar-refractivity contribution in [1.82, 2.24) is 14.5 Å². The van der Waals surface area contributed by atoms with Crippen LogP contribution in [-0.2, 0) is 16.0 Å². The minimum absolute atomic E-state index is 0.599. The second-order valence-corrected chi connectivity index (χ2v) is 8.54. The van der Waals surface area contributed by atoms with Crippen LogP contribution in [0.3, 0.4) is 0 Å². The van der Waals surface area contributed by atoms with Crippen molar-refractivity contribution in [3.05, 3.63) is 108 Å². The lowest BCUT2D eigenvalue weighted by Crippen LogP contribution is -2.09. The summed E-state index contributed by atoms with van der Waals surface area (Å²) in [7, 11) is 1.69. The summed E-state index contributed by atoms with van der Waals surface area (Å²) in [6.07, 6.45) is 15.8. The zero-order chi connectivity index (χ0) is 24.6. The van der Waals surface area contributed by atoms with E-state index in [1.54, 1.807) is 7.11 Å². The normalized spacial score (nSPS) is 11.9. The van der Waals surface area contributed by atoms with Crippen LogP contribution in [0.4, 0.5) is 0 Å². The minimum atomic E-state index is 0.599. The van der Waals surface area contributed by atoms with Gasteiger partial charge < -0.3 is 14.0 Å². The van der Waals surface area contributed by atoms with Crippen LogP contribution in [-0.4, -0.2) is 41.5 Å². The molecular formula is C31H29N3O2. The Morgan fingerprint density at radius 1 is 0.611 bits per heavy atom. The van der Waals surface area contributed by atoms with Crippen molar-refractivity contribution < 1.29 is 9.47 Å². The van der Waals surface area contributed by atoms with Crippen LogP contribution in [0.25, 0.3) is 46.1 Å². The summed E-state index contributed by atoms with van der Waals surface area (Å²) in [5.41, 5.74) is 6.99. The molecule has 36 heavy (non-hydrogen) atoms. The predicted molar refractivity (Wildman–Crippen MR) is 148 cm³/mol. The zero-order valence-electron chi connectivity index (χ0n) is 20.4. The highest BCUT2D eigenvalue weighted by Gasteiger charge is 2.11. The molecule has 0 aliphatic rings. The Labute approximate surface area is 211 Å². The summed E-state index contributed by atoms with van der Waals surface area (Å²) in [6, 6.07) is 21.3. The molecule has 3 aromatic heterocycles. The van der Waals surface area contributed by atoms with Crippen molar-refractivity contribution in [2.24, 2.45) is 0 Å². The van der Waals surface area contributed by atoms with Crippen LogP contribution in [0.2, 0.25) is 0 Å². The molecule has 5 rings (SSSR count). The number of hydrogen-bond acceptors (Lipinski definition) is 4. The highest BCUT2D eigenvalue weighted by Crippen LogP contribution is 2.31. The number of nitrogens with zero attached hydrogens (tertiary/aromatic N) is 3. The van der Waals surface area contributed by atoms with Crippen molar-refractivity contribution in [1.29, 1.82) is 0 Å². The summed E-state index contributed by atoms with van der Waals surface area (Å²) in [5, 5.41) is 2.47. The highest BCUT2D eigenvalue weighted by atomic mass is 16.5. The van der Waals surface area contributed by atoms with E-state index in [4.69, 9.17) is 9.47 Å². The molecule has 2 aromatic carbocycles. The van der Waals surface area contributed by atoms with E-state index in [1.807, 2.05) is 49.1 Å². The first-order chi connectivity index (χ1) is 17.8. The fourth-order valence-corrected chi connectivity index (χ4v) is 4.32. The van der Waals surface area contributed by atoms with E-state index >= 15 is 0 Å². The van der Waals surface area contributed by atoms with Gasteiger partial charge in [-0.3, -0.25) is 9.97 Å². The van der Waals surface area contributed by atoms with Gasteiger partial charge in [0.15, 0.2) is 0 Å². The van der Waals surface area contributed by atoms with E-state index in [9.17, 15) is 0 Å². The van der Waals surface area contributed by atoms with Gasteiger partial charge in [0, 0.05) is 60.2 Å². The van der Waals surface area contributed by atoms with E-state index in [0.29, 0.717) is 19.8 Å². The van der Waals surface area contributed by atoms with Crippen molar-refractivity contribution in [3.63, 3.8) is 0 Å². The van der Waals surface area contributed by atoms with Crippen LogP contribution >= 0.6 is 0 Å². The Bertz CT molecular complexity index is 1380. The van der Waals surface area contributed by atoms with Gasteiger partial charge in [-0.05, 0) is 70.8 Å². The summed E-state index contributed by atoms with van der Waals surface area (Å²) >= 11 is 0. The van der Waals surface area contributed by atoms with Crippen molar-refractivity contribution >= 4 is 46.1 Å². The molecule has 0 saturated heterocycles. The lowest BCUT2D eigenvalue weighted by molar-refractivity contribution is 0.0673. The molecule has 5 nitrogen and oxygen atoms in total. The Kier molecular flexibility index (Phi) is 7.61. The zero-order valence-corrected chi connectivity index (χ0v) is 20.4. The van der Waals surface area contributed by atoms with Crippen LogP contribution in [0.15, 0.2) is 85.5 Å². The van der Waals surface area contributed by atoms with Crippen molar-refractivity contribution in [3.8, 4) is 0 Å². The first-order valence-corrected chi connectivity index (χ1v) is 12.1. The molecule has 180 valence electrons. The van der Waals surface area contributed by atoms with Gasteiger partial charge >= 0.3 is 0 Å². The molecule has 3 heterocycles. The number of ether oxygens (including phenoxy) is 2. The molecule has 0 aliphatic heterocycles. The molecule has 0 aliphatic carbocycles. The molecule has 0 spiro atoms. The Hall–Kier alpha value is -4.06. The van der Waals surface area contributed by atoms with Gasteiger partial charge in [0.25, 0.3) is 0 Å². The van der Waals surface area contributed by atoms with Crippen molar-refractivity contribution in [2.45, 2.75) is 6.54 Å². The van der Waals surface area contributed by atoms with Gasteiger partial charge in [-0.2, -0.15) is 0 Å². The number of benzene rings is 2. The summed E-state index contributed by atoms with van der Waals surface area (Å²) in [4.78, 5) is 8.20. The van der Waals surface area contributed by atoms with Gasteiger partial charge in [-0.25, -0.2) is 0 Å². The van der Waals surface area contributed by atoms with Gasteiger partial charge in [0.05, 0.1) is 19.8 Å². The van der Waals surface area contributed by atoms with Crippen LogP contribution in [0.5, 0.6) is 0 Å². The minimum Gasteiger partial charge on any atom is -0.382 e. The number of methoxy groups -OCH3 is 1. The average molecular weight is 476 g/mol.